The van der Waals surface area contributed by atoms with Crippen LogP contribution in [0.5, 0.6) is 11.5 Å². The molecule has 0 spiro atoms. The minimum atomic E-state index is -0.653. The number of hydrogen-bond donors (Lipinski definition) is 1. The fourth-order valence-corrected chi connectivity index (χ4v) is 4.73. The number of ether oxygens (including phenoxy) is 2. The number of carbonyl (C=O) groups excluding carboxylic acids is 1. The van der Waals surface area contributed by atoms with Crippen LogP contribution < -0.4 is 20.5 Å². The van der Waals surface area contributed by atoms with Crippen molar-refractivity contribution in [2.75, 3.05) is 7.11 Å². The highest BCUT2D eigenvalue weighted by Gasteiger charge is 2.33. The molecule has 3 heterocycles. The summed E-state index contributed by atoms with van der Waals surface area (Å²) in [6, 6.07) is 19.5. The minimum absolute atomic E-state index is 0.0607. The van der Waals surface area contributed by atoms with E-state index >= 15 is 0 Å². The number of benzene rings is 3. The Morgan fingerprint density at radius 3 is 2.60 bits per heavy atom. The predicted octanol–water partition coefficient (Wildman–Crippen LogP) is 4.75. The molecule has 0 aliphatic carbocycles. The number of hydrogen-bond acceptors (Lipinski definition) is 6. The standard InChI is InChI=1S/C28H19NO6/c1-33-17-7-9-22-16(11-17)12-20(28(32)29-22)19-13-24(30)35-23-10-8-18-26(31)21(14-34-27(18)25(19)23)15-5-3-2-4-6-15/h2-12,14,19H,13H2,1H3,(H,29,32)/t19-/m0/s1. The third kappa shape index (κ3) is 3.40. The van der Waals surface area contributed by atoms with Crippen molar-refractivity contribution in [1.29, 1.82) is 0 Å². The predicted molar refractivity (Wildman–Crippen MR) is 131 cm³/mol. The number of H-pyrrole nitrogens is 1. The second-order valence-electron chi connectivity index (χ2n) is 8.44. The van der Waals surface area contributed by atoms with E-state index in [1.54, 1.807) is 37.4 Å². The third-order valence-corrected chi connectivity index (χ3v) is 6.42. The molecule has 1 N–H and O–H groups in total. The van der Waals surface area contributed by atoms with Crippen LogP contribution in [0.1, 0.15) is 23.5 Å². The van der Waals surface area contributed by atoms with Gasteiger partial charge in [0.2, 0.25) is 5.43 Å². The molecule has 0 saturated heterocycles. The summed E-state index contributed by atoms with van der Waals surface area (Å²) in [4.78, 5) is 41.9. The van der Waals surface area contributed by atoms with Gasteiger partial charge in [0, 0.05) is 27.9 Å². The zero-order valence-electron chi connectivity index (χ0n) is 18.7. The number of methoxy groups -OCH3 is 1. The van der Waals surface area contributed by atoms with Crippen LogP contribution in [0.3, 0.4) is 0 Å². The molecule has 5 aromatic rings. The Morgan fingerprint density at radius 2 is 1.80 bits per heavy atom. The van der Waals surface area contributed by atoms with Crippen LogP contribution in [0.15, 0.2) is 87.0 Å². The summed E-state index contributed by atoms with van der Waals surface area (Å²) < 4.78 is 16.8. The van der Waals surface area contributed by atoms with E-state index in [0.717, 1.165) is 10.9 Å². The van der Waals surface area contributed by atoms with Crippen LogP contribution in [0, 0.1) is 0 Å². The molecule has 1 atom stereocenters. The number of aromatic amines is 1. The van der Waals surface area contributed by atoms with E-state index in [1.807, 2.05) is 36.4 Å². The van der Waals surface area contributed by atoms with Gasteiger partial charge in [-0.15, -0.1) is 0 Å². The Kier molecular flexibility index (Phi) is 4.77. The highest BCUT2D eigenvalue weighted by Crippen LogP contribution is 2.42. The van der Waals surface area contributed by atoms with Gasteiger partial charge in [-0.1, -0.05) is 30.3 Å². The van der Waals surface area contributed by atoms with Crippen LogP contribution in [-0.4, -0.2) is 18.1 Å². The third-order valence-electron chi connectivity index (χ3n) is 6.42. The van der Waals surface area contributed by atoms with E-state index < -0.39 is 11.9 Å². The molecule has 0 fully saturated rings. The lowest BCUT2D eigenvalue weighted by Gasteiger charge is -2.25. The summed E-state index contributed by atoms with van der Waals surface area (Å²) in [6.45, 7) is 0. The van der Waals surface area contributed by atoms with Gasteiger partial charge in [-0.3, -0.25) is 14.4 Å². The second kappa shape index (κ2) is 7.99. The number of fused-ring (bicyclic) bond motifs is 4. The number of esters is 1. The quantitative estimate of drug-likeness (QED) is 0.305. The van der Waals surface area contributed by atoms with E-state index in [9.17, 15) is 14.4 Å². The van der Waals surface area contributed by atoms with Crippen molar-refractivity contribution in [3.05, 3.63) is 105 Å². The molecule has 2 aromatic heterocycles. The van der Waals surface area contributed by atoms with Crippen LogP contribution in [0.2, 0.25) is 0 Å². The summed E-state index contributed by atoms with van der Waals surface area (Å²) in [6.07, 6.45) is 1.36. The summed E-state index contributed by atoms with van der Waals surface area (Å²) in [5, 5.41) is 1.11. The molecule has 7 nitrogen and oxygen atoms in total. The van der Waals surface area contributed by atoms with Gasteiger partial charge in [0.05, 0.1) is 24.5 Å². The molecule has 0 unspecified atom stereocenters. The van der Waals surface area contributed by atoms with Crippen molar-refractivity contribution in [3.63, 3.8) is 0 Å². The smallest absolute Gasteiger partial charge is 0.312 e. The highest BCUT2D eigenvalue weighted by molar-refractivity contribution is 5.90. The highest BCUT2D eigenvalue weighted by atomic mass is 16.5. The maximum absolute atomic E-state index is 13.4. The average molecular weight is 465 g/mol. The van der Waals surface area contributed by atoms with Crippen molar-refractivity contribution in [2.45, 2.75) is 12.3 Å². The Bertz CT molecular complexity index is 1750. The van der Waals surface area contributed by atoms with Crippen LogP contribution in [-0.2, 0) is 4.79 Å². The summed E-state index contributed by atoms with van der Waals surface area (Å²) in [5.41, 5.74) is 2.48. The molecule has 3 aromatic carbocycles. The van der Waals surface area contributed by atoms with Crippen LogP contribution in [0.25, 0.3) is 33.0 Å². The molecule has 0 bridgehead atoms. The first-order chi connectivity index (χ1) is 17.0. The van der Waals surface area contributed by atoms with E-state index in [1.165, 1.54) is 6.26 Å². The first-order valence-electron chi connectivity index (χ1n) is 11.1. The van der Waals surface area contributed by atoms with Crippen molar-refractivity contribution < 1.29 is 18.7 Å². The van der Waals surface area contributed by atoms with Gasteiger partial charge in [-0.05, 0) is 42.0 Å². The largest absolute Gasteiger partial charge is 0.497 e. The number of rotatable bonds is 3. The topological polar surface area (TPSA) is 98.6 Å². The Balaban J connectivity index is 1.59. The van der Waals surface area contributed by atoms with Gasteiger partial charge in [0.25, 0.3) is 5.56 Å². The van der Waals surface area contributed by atoms with Crippen LogP contribution in [0.4, 0.5) is 0 Å². The number of carbonyl (C=O) groups is 1. The van der Waals surface area contributed by atoms with Gasteiger partial charge in [0.15, 0.2) is 0 Å². The molecule has 0 radical (unpaired) electrons. The first kappa shape index (κ1) is 20.9. The molecule has 0 saturated carbocycles. The van der Waals surface area contributed by atoms with Gasteiger partial charge in [-0.25, -0.2) is 0 Å². The number of aromatic nitrogens is 1. The van der Waals surface area contributed by atoms with Gasteiger partial charge in [-0.2, -0.15) is 0 Å². The van der Waals surface area contributed by atoms with E-state index in [0.29, 0.717) is 38.9 Å². The number of nitrogens with one attached hydrogen (secondary N) is 1. The lowest BCUT2D eigenvalue weighted by atomic mass is 9.85. The Labute approximate surface area is 198 Å². The van der Waals surface area contributed by atoms with E-state index in [-0.39, 0.29) is 23.2 Å². The molecule has 1 aliphatic rings. The summed E-state index contributed by atoms with van der Waals surface area (Å²) >= 11 is 0. The molecular weight excluding hydrogens is 446 g/mol. The molecule has 172 valence electrons. The Morgan fingerprint density at radius 1 is 0.971 bits per heavy atom. The van der Waals surface area contributed by atoms with Gasteiger partial charge >= 0.3 is 5.97 Å². The Hall–Kier alpha value is -4.65. The van der Waals surface area contributed by atoms with E-state index in [2.05, 4.69) is 4.98 Å². The van der Waals surface area contributed by atoms with Gasteiger partial charge in [0.1, 0.15) is 23.3 Å². The fraction of sp³-hybridized carbons (Fsp3) is 0.107. The molecule has 0 amide bonds. The maximum Gasteiger partial charge on any atom is 0.312 e. The van der Waals surface area contributed by atoms with Crippen LogP contribution >= 0.6 is 0 Å². The fourth-order valence-electron chi connectivity index (χ4n) is 4.73. The lowest BCUT2D eigenvalue weighted by Crippen LogP contribution is -2.26. The normalized spacial score (nSPS) is 15.1. The first-order valence-corrected chi connectivity index (χ1v) is 11.1. The van der Waals surface area contributed by atoms with Crippen molar-refractivity contribution in [2.24, 2.45) is 0 Å². The lowest BCUT2D eigenvalue weighted by molar-refractivity contribution is -0.135. The SMILES string of the molecule is COc1ccc2[nH]c(=O)c([C@@H]3CC(=O)Oc4ccc5c(=O)c(-c6ccccc6)coc5c43)cc2c1. The summed E-state index contributed by atoms with van der Waals surface area (Å²) in [7, 11) is 1.57. The maximum atomic E-state index is 13.4. The van der Waals surface area contributed by atoms with E-state index in [4.69, 9.17) is 13.9 Å². The summed E-state index contributed by atoms with van der Waals surface area (Å²) in [5.74, 6) is -0.196. The van der Waals surface area contributed by atoms with Crippen molar-refractivity contribution in [3.8, 4) is 22.6 Å². The zero-order chi connectivity index (χ0) is 24.1. The molecule has 1 aliphatic heterocycles. The monoisotopic (exact) mass is 465 g/mol. The zero-order valence-corrected chi connectivity index (χ0v) is 18.7. The second-order valence-corrected chi connectivity index (χ2v) is 8.44. The number of pyridine rings is 1. The molecule has 6 rings (SSSR count). The van der Waals surface area contributed by atoms with Crippen molar-refractivity contribution in [1.82, 2.24) is 4.98 Å². The average Bonchev–Trinajstić information content (AvgIpc) is 2.88. The molecule has 35 heavy (non-hydrogen) atoms. The minimum Gasteiger partial charge on any atom is -0.497 e. The van der Waals surface area contributed by atoms with Gasteiger partial charge < -0.3 is 18.9 Å². The molecular formula is C28H19NO6. The van der Waals surface area contributed by atoms with Crippen molar-refractivity contribution >= 4 is 27.8 Å². The molecule has 7 heteroatoms.